The van der Waals surface area contributed by atoms with Gasteiger partial charge >= 0.3 is 6.03 Å². The van der Waals surface area contributed by atoms with Crippen molar-refractivity contribution in [2.24, 2.45) is 0 Å². The summed E-state index contributed by atoms with van der Waals surface area (Å²) in [4.78, 5) is 42.8. The highest BCUT2D eigenvalue weighted by Crippen LogP contribution is 2.37. The molecule has 2 aromatic carbocycles. The summed E-state index contributed by atoms with van der Waals surface area (Å²) in [6.07, 6.45) is 1.99. The first-order valence-electron chi connectivity index (χ1n) is 10.6. The van der Waals surface area contributed by atoms with Gasteiger partial charge in [-0.3, -0.25) is 14.5 Å². The average molecular weight is 438 g/mol. The van der Waals surface area contributed by atoms with Crippen LogP contribution in [-0.2, 0) is 16.0 Å². The summed E-state index contributed by atoms with van der Waals surface area (Å²) in [7, 11) is 0. The largest absolute Gasteiger partial charge is 0.325 e. The van der Waals surface area contributed by atoms with Crippen LogP contribution in [0.1, 0.15) is 32.3 Å². The molecule has 2 aliphatic rings. The van der Waals surface area contributed by atoms with Crippen LogP contribution in [0.3, 0.4) is 0 Å². The van der Waals surface area contributed by atoms with Crippen molar-refractivity contribution in [3.05, 3.63) is 60.2 Å². The van der Waals surface area contributed by atoms with Gasteiger partial charge < -0.3 is 10.2 Å². The first-order chi connectivity index (χ1) is 14.9. The molecule has 0 aromatic heterocycles. The molecule has 0 spiro atoms. The monoisotopic (exact) mass is 437 g/mol. The number of imide groups is 1. The molecule has 6 nitrogen and oxygen atoms in total. The number of hydrogen-bond acceptors (Lipinski definition) is 4. The molecule has 4 rings (SSSR count). The van der Waals surface area contributed by atoms with Crippen molar-refractivity contribution >= 4 is 35.3 Å². The van der Waals surface area contributed by atoms with E-state index in [0.29, 0.717) is 24.6 Å². The topological polar surface area (TPSA) is 69.7 Å². The third-order valence-electron chi connectivity index (χ3n) is 5.94. The summed E-state index contributed by atoms with van der Waals surface area (Å²) in [5.74, 6) is -0.578. The molecule has 2 aliphatic heterocycles. The van der Waals surface area contributed by atoms with Gasteiger partial charge in [-0.2, -0.15) is 0 Å². The van der Waals surface area contributed by atoms with E-state index in [2.05, 4.69) is 12.2 Å². The third-order valence-corrected chi connectivity index (χ3v) is 7.18. The molecule has 0 unspecified atom stereocenters. The Bertz CT molecular complexity index is 997. The van der Waals surface area contributed by atoms with Gasteiger partial charge in [-0.1, -0.05) is 49.4 Å². The van der Waals surface area contributed by atoms with E-state index in [1.54, 1.807) is 23.6 Å². The molecule has 0 saturated carbocycles. The second-order valence-electron chi connectivity index (χ2n) is 8.37. The van der Waals surface area contributed by atoms with Crippen molar-refractivity contribution in [1.82, 2.24) is 10.2 Å². The van der Waals surface area contributed by atoms with E-state index >= 15 is 0 Å². The fourth-order valence-corrected chi connectivity index (χ4v) is 5.18. The number of amides is 4. The van der Waals surface area contributed by atoms with E-state index in [1.165, 1.54) is 0 Å². The first-order valence-corrected chi connectivity index (χ1v) is 11.5. The van der Waals surface area contributed by atoms with Crippen LogP contribution in [-0.4, -0.2) is 46.6 Å². The number of anilines is 1. The minimum atomic E-state index is -1.01. The summed E-state index contributed by atoms with van der Waals surface area (Å²) < 4.78 is 0. The molecule has 31 heavy (non-hydrogen) atoms. The van der Waals surface area contributed by atoms with Crippen molar-refractivity contribution in [2.45, 2.75) is 48.8 Å². The number of aryl methyl sites for hydroxylation is 1. The number of benzene rings is 2. The smallest absolute Gasteiger partial charge is 0.323 e. The Kier molecular flexibility index (Phi) is 6.05. The number of fused-ring (bicyclic) bond motifs is 1. The minimum absolute atomic E-state index is 0.238. The number of rotatable bonds is 5. The second-order valence-corrected chi connectivity index (χ2v) is 9.85. The normalized spacial score (nSPS) is 23.4. The van der Waals surface area contributed by atoms with Crippen molar-refractivity contribution in [2.75, 3.05) is 18.0 Å². The lowest BCUT2D eigenvalue weighted by molar-refractivity contribution is -0.134. The molecule has 0 radical (unpaired) electrons. The first kappa shape index (κ1) is 21.4. The Labute approximate surface area is 187 Å². The minimum Gasteiger partial charge on any atom is -0.323 e. The zero-order valence-corrected chi connectivity index (χ0v) is 18.7. The lowest BCUT2D eigenvalue weighted by Crippen LogP contribution is -2.46. The number of urea groups is 1. The zero-order valence-electron chi connectivity index (χ0n) is 17.8. The number of carbonyl (C=O) groups excluding carboxylic acids is 3. The Hall–Kier alpha value is -2.80. The van der Waals surface area contributed by atoms with Crippen molar-refractivity contribution in [3.63, 3.8) is 0 Å². The van der Waals surface area contributed by atoms with Gasteiger partial charge in [0.25, 0.3) is 5.91 Å². The summed E-state index contributed by atoms with van der Waals surface area (Å²) in [6, 6.07) is 17.2. The lowest BCUT2D eigenvalue weighted by Gasteiger charge is -2.25. The van der Waals surface area contributed by atoms with Gasteiger partial charge in [-0.05, 0) is 43.9 Å². The summed E-state index contributed by atoms with van der Waals surface area (Å²) >= 11 is 1.75. The van der Waals surface area contributed by atoms with E-state index < -0.39 is 11.6 Å². The maximum Gasteiger partial charge on any atom is 0.325 e. The predicted octanol–water partition coefficient (Wildman–Crippen LogP) is 3.85. The quantitative estimate of drug-likeness (QED) is 0.722. The number of thioether (sulfide) groups is 1. The summed E-state index contributed by atoms with van der Waals surface area (Å²) in [6.45, 7) is 4.20. The van der Waals surface area contributed by atoms with Gasteiger partial charge in [-0.15, -0.1) is 11.8 Å². The van der Waals surface area contributed by atoms with E-state index in [-0.39, 0.29) is 18.4 Å². The molecule has 7 heteroatoms. The predicted molar refractivity (Wildman–Crippen MR) is 122 cm³/mol. The van der Waals surface area contributed by atoms with E-state index in [1.807, 2.05) is 54.6 Å². The van der Waals surface area contributed by atoms with Crippen LogP contribution < -0.4 is 10.2 Å². The van der Waals surface area contributed by atoms with Gasteiger partial charge in [0.1, 0.15) is 12.1 Å². The number of nitrogens with zero attached hydrogens (tertiary/aromatic N) is 2. The van der Waals surface area contributed by atoms with Gasteiger partial charge in [0.15, 0.2) is 0 Å². The zero-order chi connectivity index (χ0) is 22.0. The van der Waals surface area contributed by atoms with Crippen molar-refractivity contribution < 1.29 is 14.4 Å². The van der Waals surface area contributed by atoms with Gasteiger partial charge in [-0.25, -0.2) is 4.79 Å². The van der Waals surface area contributed by atoms with Gasteiger partial charge in [0.05, 0.1) is 5.69 Å². The molecule has 2 aromatic rings. The van der Waals surface area contributed by atoms with E-state index in [9.17, 15) is 14.4 Å². The Balaban J connectivity index is 1.47. The highest BCUT2D eigenvalue weighted by Gasteiger charge is 2.48. The van der Waals surface area contributed by atoms with Gasteiger partial charge in [0, 0.05) is 16.7 Å². The van der Waals surface area contributed by atoms with Gasteiger partial charge in [0.2, 0.25) is 5.91 Å². The van der Waals surface area contributed by atoms with Crippen LogP contribution in [0.25, 0.3) is 0 Å². The standard InChI is InChI=1S/C24H27N3O3S/c1-17-13-15-26(19-10-6-7-11-20(19)31-17)21(28)16-27-22(29)24(2,25-23(27)30)14-12-18-8-4-3-5-9-18/h3-11,17H,12-16H2,1-2H3,(H,25,30)/t17-,24-/m0/s1. The summed E-state index contributed by atoms with van der Waals surface area (Å²) in [5.41, 5.74) is 0.947. The average Bonchev–Trinajstić information content (AvgIpc) is 2.89. The van der Waals surface area contributed by atoms with Crippen LogP contribution >= 0.6 is 11.8 Å². The van der Waals surface area contributed by atoms with E-state index in [0.717, 1.165) is 27.5 Å². The van der Waals surface area contributed by atoms with Crippen LogP contribution in [0.15, 0.2) is 59.5 Å². The molecule has 1 N–H and O–H groups in total. The van der Waals surface area contributed by atoms with Crippen LogP contribution in [0, 0.1) is 0 Å². The third kappa shape index (κ3) is 4.46. The molecule has 4 amide bonds. The maximum atomic E-state index is 13.2. The fraction of sp³-hybridized carbons (Fsp3) is 0.375. The van der Waals surface area contributed by atoms with Crippen LogP contribution in [0.4, 0.5) is 10.5 Å². The fourth-order valence-electron chi connectivity index (χ4n) is 4.07. The second kappa shape index (κ2) is 8.75. The van der Waals surface area contributed by atoms with Crippen LogP contribution in [0.5, 0.6) is 0 Å². The molecule has 0 aliphatic carbocycles. The number of hydrogen-bond donors (Lipinski definition) is 1. The number of para-hydroxylation sites is 1. The van der Waals surface area contributed by atoms with E-state index in [4.69, 9.17) is 0 Å². The molecular formula is C24H27N3O3S. The van der Waals surface area contributed by atoms with Crippen molar-refractivity contribution in [1.29, 1.82) is 0 Å². The molecule has 162 valence electrons. The Morgan fingerprint density at radius 3 is 2.61 bits per heavy atom. The van der Waals surface area contributed by atoms with Crippen LogP contribution in [0.2, 0.25) is 0 Å². The maximum absolute atomic E-state index is 13.2. The number of nitrogens with one attached hydrogen (secondary N) is 1. The molecule has 2 atom stereocenters. The molecule has 2 heterocycles. The highest BCUT2D eigenvalue weighted by molar-refractivity contribution is 8.00. The Morgan fingerprint density at radius 2 is 1.84 bits per heavy atom. The van der Waals surface area contributed by atoms with Crippen molar-refractivity contribution in [3.8, 4) is 0 Å². The highest BCUT2D eigenvalue weighted by atomic mass is 32.2. The lowest BCUT2D eigenvalue weighted by atomic mass is 9.93. The molecule has 1 saturated heterocycles. The molecular weight excluding hydrogens is 410 g/mol. The SMILES string of the molecule is C[C@H]1CCN(C(=O)CN2C(=O)N[C@@](C)(CCc3ccccc3)C2=O)c2ccccc2S1. The molecule has 0 bridgehead atoms. The Morgan fingerprint density at radius 1 is 1.13 bits per heavy atom. The summed E-state index contributed by atoms with van der Waals surface area (Å²) in [5, 5.41) is 3.20. The molecule has 1 fully saturated rings. The number of carbonyl (C=O) groups is 3.